The topological polar surface area (TPSA) is 378 Å². The number of Topliss-reactive ketones (excluding diaryl/α,β-unsaturated/α-hetero) is 3. The third-order valence-corrected chi connectivity index (χ3v) is 18.2. The number of carbonyl (C=O) groups excluding carboxylic acids is 11. The molecule has 5 amide bonds. The highest BCUT2D eigenvalue weighted by molar-refractivity contribution is 8.93. The van der Waals surface area contributed by atoms with E-state index in [1.807, 2.05) is 91.0 Å². The molecule has 5 atom stereocenters. The Kier molecular flexibility index (Phi) is 32.0. The van der Waals surface area contributed by atoms with E-state index in [0.717, 1.165) is 72.9 Å². The van der Waals surface area contributed by atoms with Gasteiger partial charge in [0.15, 0.2) is 28.9 Å². The van der Waals surface area contributed by atoms with Crippen LogP contribution in [-0.4, -0.2) is 167 Å². The highest BCUT2D eigenvalue weighted by Crippen LogP contribution is 2.43. The van der Waals surface area contributed by atoms with Crippen molar-refractivity contribution < 1.29 is 57.5 Å². The van der Waals surface area contributed by atoms with Gasteiger partial charge in [-0.1, -0.05) is 130 Å². The van der Waals surface area contributed by atoms with Gasteiger partial charge in [-0.3, -0.25) is 63.2 Å². The van der Waals surface area contributed by atoms with Crippen LogP contribution >= 0.6 is 64.2 Å². The molecule has 0 spiro atoms. The fourth-order valence-corrected chi connectivity index (χ4v) is 12.6. The standard InChI is InChI=1S/C16H27N3O5.3C14H7ClN2O.C11H19N3O3.C4H9NO.3CH4.BrH.ClH/c1-10(11(2)20)18-14(22)12-7-6-8-19(12)13(21)9-17-15(23)24-16(3,4)5;3*15-9-5-1-3-7-11(9)14(18)8-4-2-6-10-12(8)13(7)17-16-10;1-7(8(2)15)13-11(17)9-4-3-5-14(9)10(16)6-12;1-3(5)4(2)6;;;;;/h10,12H,6-9H2,1-5H3,(H,17,23)(H,18,22);3*1-6H,(H,16,17);7,9H,3-6,12H2,1-2H3,(H,13,17);3H,5H2,1-2H3;3*1H4;2*1H/t10-,12?;;;;7-,9-;3-;;;;;/m0...00...../s1. The number of nitrogens with two attached hydrogens (primary N) is 2. The second kappa shape index (κ2) is 38.1. The molecule has 2 fully saturated rings. The predicted molar refractivity (Wildman–Crippen MR) is 421 cm³/mol. The molecule has 3 aromatic heterocycles. The first kappa shape index (κ1) is 88.9. The first-order chi connectivity index (χ1) is 47.9. The Labute approximate surface area is 646 Å². The summed E-state index contributed by atoms with van der Waals surface area (Å²) >= 11 is 18.4. The average Bonchev–Trinajstić information content (AvgIpc) is 1.34. The number of amides is 5. The van der Waals surface area contributed by atoms with Gasteiger partial charge in [0.05, 0.1) is 73.0 Å². The zero-order valence-corrected chi connectivity index (χ0v) is 62.5. The van der Waals surface area contributed by atoms with E-state index in [0.29, 0.717) is 80.8 Å². The number of nitrogens with one attached hydrogen (secondary N) is 6. The fourth-order valence-electron chi connectivity index (χ4n) is 11.8. The van der Waals surface area contributed by atoms with Gasteiger partial charge in [-0.2, -0.15) is 15.3 Å². The van der Waals surface area contributed by atoms with Crippen LogP contribution < -0.4 is 27.4 Å². The summed E-state index contributed by atoms with van der Waals surface area (Å²) < 4.78 is 5.07. The predicted octanol–water partition coefficient (Wildman–Crippen LogP) is 12.7. The number of hydrogen-bond acceptors (Lipinski definition) is 17. The number of likely N-dealkylation sites (tertiary alicyclic amines) is 2. The number of carbonyl (C=O) groups is 11. The van der Waals surface area contributed by atoms with E-state index in [-0.39, 0.29) is 129 Å². The van der Waals surface area contributed by atoms with Crippen molar-refractivity contribution in [3.8, 4) is 33.8 Å². The molecular weight excluding hydrogens is 1510 g/mol. The minimum atomic E-state index is -0.679. The zero-order valence-electron chi connectivity index (χ0n) is 57.7. The van der Waals surface area contributed by atoms with Crippen LogP contribution in [0.15, 0.2) is 109 Å². The lowest BCUT2D eigenvalue weighted by Crippen LogP contribution is -2.51. The molecule has 25 nitrogen and oxygen atoms in total. The molecule has 3 aliphatic carbocycles. The first-order valence-electron chi connectivity index (χ1n) is 32.5. The van der Waals surface area contributed by atoms with Crippen LogP contribution in [0.5, 0.6) is 0 Å². The van der Waals surface area contributed by atoms with Crippen molar-refractivity contribution in [1.29, 1.82) is 0 Å². The van der Waals surface area contributed by atoms with E-state index in [1.165, 1.54) is 30.6 Å². The molecule has 30 heteroatoms. The molecule has 10 N–H and O–H groups in total. The molecule has 14 rings (SSSR count). The number of fused-ring (bicyclic) bond motifs is 6. The first-order valence-corrected chi connectivity index (χ1v) is 33.6. The fraction of sp³-hybridized carbons (Fsp3) is 0.342. The number of ether oxygens (including phenoxy) is 1. The number of alkyl carbamates (subject to hydrolysis) is 1. The van der Waals surface area contributed by atoms with Crippen LogP contribution in [0.2, 0.25) is 15.1 Å². The van der Waals surface area contributed by atoms with Crippen molar-refractivity contribution in [2.75, 3.05) is 26.2 Å². The minimum absolute atomic E-state index is 0. The van der Waals surface area contributed by atoms with Crippen LogP contribution in [0, 0.1) is 0 Å². The van der Waals surface area contributed by atoms with Crippen molar-refractivity contribution >= 4 is 161 Å². The van der Waals surface area contributed by atoms with Gasteiger partial charge in [0.2, 0.25) is 23.6 Å². The summed E-state index contributed by atoms with van der Waals surface area (Å²) in [5.74, 6) is -1.51. The molecule has 5 aliphatic rings. The summed E-state index contributed by atoms with van der Waals surface area (Å²) in [7, 11) is 0. The van der Waals surface area contributed by atoms with Crippen LogP contribution in [0.4, 0.5) is 4.79 Å². The van der Waals surface area contributed by atoms with Crippen molar-refractivity contribution in [1.82, 2.24) is 56.3 Å². The third-order valence-electron chi connectivity index (χ3n) is 17.3. The van der Waals surface area contributed by atoms with Crippen LogP contribution in [0.25, 0.3) is 66.5 Å². The highest BCUT2D eigenvalue weighted by atomic mass is 79.9. The van der Waals surface area contributed by atoms with Gasteiger partial charge in [0.1, 0.15) is 47.1 Å². The smallest absolute Gasteiger partial charge is 0.408 e. The number of H-pyrrole nitrogens is 3. The number of hydrogen-bond donors (Lipinski definition) is 8. The van der Waals surface area contributed by atoms with E-state index in [2.05, 4.69) is 46.5 Å². The van der Waals surface area contributed by atoms with Gasteiger partial charge in [-0.05, 0) is 124 Å². The molecule has 5 heterocycles. The van der Waals surface area contributed by atoms with Gasteiger partial charge in [-0.15, -0.1) is 29.4 Å². The lowest BCUT2D eigenvalue weighted by atomic mass is 9.87. The van der Waals surface area contributed by atoms with E-state index >= 15 is 0 Å². The van der Waals surface area contributed by atoms with Crippen molar-refractivity contribution in [2.24, 2.45) is 11.5 Å². The van der Waals surface area contributed by atoms with E-state index < -0.39 is 35.9 Å². The molecule has 0 saturated carbocycles. The Morgan fingerprint density at radius 3 is 1.12 bits per heavy atom. The summed E-state index contributed by atoms with van der Waals surface area (Å²) in [6.45, 7) is 15.1. The summed E-state index contributed by atoms with van der Waals surface area (Å²) in [6, 6.07) is 30.6. The minimum Gasteiger partial charge on any atom is -0.444 e. The van der Waals surface area contributed by atoms with Gasteiger partial charge >= 0.3 is 6.09 Å². The maximum atomic E-state index is 12.5. The van der Waals surface area contributed by atoms with Gasteiger partial charge in [-0.25, -0.2) is 4.79 Å². The van der Waals surface area contributed by atoms with E-state index in [9.17, 15) is 52.7 Å². The highest BCUT2D eigenvalue weighted by Gasteiger charge is 2.37. The summed E-state index contributed by atoms with van der Waals surface area (Å²) in [6.07, 6.45) is 1.97. The Morgan fingerprint density at radius 2 is 0.830 bits per heavy atom. The Morgan fingerprint density at radius 1 is 0.528 bits per heavy atom. The van der Waals surface area contributed by atoms with Crippen molar-refractivity contribution in [2.45, 2.75) is 146 Å². The quantitative estimate of drug-likeness (QED) is 0.0630. The lowest BCUT2D eigenvalue weighted by molar-refractivity contribution is -0.138. The number of aromatic amines is 3. The number of rotatable bonds is 10. The van der Waals surface area contributed by atoms with E-state index in [1.54, 1.807) is 59.7 Å². The Bertz CT molecular complexity index is 4470. The molecule has 1 unspecified atom stereocenters. The maximum Gasteiger partial charge on any atom is 0.408 e. The number of ketones is 6. The van der Waals surface area contributed by atoms with Gasteiger partial charge in [0, 0.05) is 62.6 Å². The largest absolute Gasteiger partial charge is 0.444 e. The normalized spacial score (nSPS) is 14.9. The molecule has 6 aromatic carbocycles. The zero-order chi connectivity index (χ0) is 73.5. The average molecular weight is 1600 g/mol. The second-order valence-electron chi connectivity index (χ2n) is 25.5. The Hall–Kier alpha value is -9.54. The van der Waals surface area contributed by atoms with Crippen molar-refractivity contribution in [3.63, 3.8) is 0 Å². The van der Waals surface area contributed by atoms with Gasteiger partial charge < -0.3 is 42.0 Å². The molecule has 106 heavy (non-hydrogen) atoms. The number of halogens is 5. The molecule has 0 radical (unpaired) electrons. The molecular formula is C76H90BrCl4N13O12. The van der Waals surface area contributed by atoms with E-state index in [4.69, 9.17) is 51.0 Å². The lowest BCUT2D eigenvalue weighted by Gasteiger charge is -2.25. The maximum absolute atomic E-state index is 12.5. The number of aromatic nitrogens is 6. The molecule has 9 aromatic rings. The van der Waals surface area contributed by atoms with Crippen LogP contribution in [0.1, 0.15) is 158 Å². The van der Waals surface area contributed by atoms with Crippen LogP contribution in [0.3, 0.4) is 0 Å². The van der Waals surface area contributed by atoms with Gasteiger partial charge in [0.25, 0.3) is 0 Å². The third kappa shape index (κ3) is 19.5. The molecule has 566 valence electrons. The summed E-state index contributed by atoms with van der Waals surface area (Å²) in [4.78, 5) is 132. The van der Waals surface area contributed by atoms with Crippen molar-refractivity contribution in [3.05, 3.63) is 158 Å². The number of nitrogens with zero attached hydrogens (tertiary/aromatic N) is 5. The monoisotopic (exact) mass is 1600 g/mol. The Balaban J connectivity index is 0.000000272. The molecule has 2 aliphatic heterocycles. The number of benzene rings is 6. The summed E-state index contributed by atoms with van der Waals surface area (Å²) in [5.41, 5.74) is 20.8. The molecule has 0 bridgehead atoms. The summed E-state index contributed by atoms with van der Waals surface area (Å²) in [5, 5.41) is 33.5. The SMILES string of the molecule is Br.C.C.C.CC(=O)[C@H](C)N.CC(=O)[C@H](C)NC(=O)C1CCCN1C(=O)CNC(=O)OC(C)(C)C.CC(=O)[C@H](C)NC(=O)[C@@H]1CCCN1C(=O)CN.Cl.O=C1c2c(Cl)cccc2-c2n[nH]c3cccc1c23.O=C1c2c(Cl)cccc2-c2n[nH]c3cccc1c23.O=C1c2c(Cl)cccc2-c2n[nH]c3cccc1c23. The molecule has 2 saturated heterocycles. The van der Waals surface area contributed by atoms with Crippen LogP contribution in [-0.2, 0) is 38.3 Å². The second-order valence-corrected chi connectivity index (χ2v) is 26.7.